The van der Waals surface area contributed by atoms with Gasteiger partial charge in [0.2, 0.25) is 0 Å². The number of hydrogen-bond donors (Lipinski definition) is 0. The summed E-state index contributed by atoms with van der Waals surface area (Å²) >= 11 is 0. The van der Waals surface area contributed by atoms with Gasteiger partial charge in [0.15, 0.2) is 11.6 Å². The Hall–Kier alpha value is -2.96. The molecule has 172 valence electrons. The van der Waals surface area contributed by atoms with E-state index < -0.39 is 0 Å². The van der Waals surface area contributed by atoms with Crippen molar-refractivity contribution < 1.29 is 18.6 Å². The third-order valence-electron chi connectivity index (χ3n) is 6.54. The molecule has 0 amide bonds. The first kappa shape index (κ1) is 21.9. The molecule has 0 saturated carbocycles. The van der Waals surface area contributed by atoms with Crippen LogP contribution in [0.4, 0.5) is 4.39 Å². The molecule has 0 N–H and O–H groups in total. The molecule has 1 aromatic heterocycles. The number of ether oxygens (including phenoxy) is 3. The van der Waals surface area contributed by atoms with Gasteiger partial charge < -0.3 is 14.2 Å². The number of rotatable bonds is 7. The van der Waals surface area contributed by atoms with Crippen molar-refractivity contribution >= 4 is 0 Å². The third kappa shape index (κ3) is 5.34. The van der Waals surface area contributed by atoms with E-state index >= 15 is 0 Å². The van der Waals surface area contributed by atoms with Gasteiger partial charge >= 0.3 is 0 Å². The molecule has 1 atom stereocenters. The van der Waals surface area contributed by atoms with Crippen LogP contribution in [0.2, 0.25) is 0 Å². The standard InChI is InChI=1S/C27H29FN2O3/c28-24-9-2-4-11-26(24)33-23-17-27(32-20-23)12-15-30(16-13-27)18-21-7-1-3-10-25(21)31-19-22-8-5-6-14-29-22/h1-11,14,23H,12-13,15-20H2/t23-/m0/s1. The van der Waals surface area contributed by atoms with E-state index in [4.69, 9.17) is 14.2 Å². The highest BCUT2D eigenvalue weighted by Gasteiger charge is 2.43. The maximum atomic E-state index is 13.9. The Morgan fingerprint density at radius 2 is 1.73 bits per heavy atom. The smallest absolute Gasteiger partial charge is 0.165 e. The first-order chi connectivity index (χ1) is 16.2. The lowest BCUT2D eigenvalue weighted by Gasteiger charge is -2.38. The largest absolute Gasteiger partial charge is 0.487 e. The molecule has 6 heteroatoms. The van der Waals surface area contributed by atoms with Crippen LogP contribution >= 0.6 is 0 Å². The predicted molar refractivity (Wildman–Crippen MR) is 124 cm³/mol. The molecule has 33 heavy (non-hydrogen) atoms. The van der Waals surface area contributed by atoms with Gasteiger partial charge in [0.25, 0.3) is 0 Å². The van der Waals surface area contributed by atoms with Crippen LogP contribution in [0.5, 0.6) is 11.5 Å². The van der Waals surface area contributed by atoms with E-state index in [1.54, 1.807) is 24.4 Å². The van der Waals surface area contributed by atoms with Crippen LogP contribution in [0.15, 0.2) is 72.9 Å². The molecule has 2 aliphatic heterocycles. The highest BCUT2D eigenvalue weighted by molar-refractivity contribution is 5.33. The number of piperidine rings is 1. The molecule has 0 unspecified atom stereocenters. The number of halogens is 1. The molecular formula is C27H29FN2O3. The second-order valence-corrected chi connectivity index (χ2v) is 8.86. The van der Waals surface area contributed by atoms with E-state index in [-0.39, 0.29) is 17.5 Å². The van der Waals surface area contributed by atoms with Crippen LogP contribution in [0, 0.1) is 5.82 Å². The van der Waals surface area contributed by atoms with Crippen molar-refractivity contribution in [3.05, 3.63) is 90.0 Å². The molecule has 0 bridgehead atoms. The van der Waals surface area contributed by atoms with Crippen molar-refractivity contribution in [2.24, 2.45) is 0 Å². The van der Waals surface area contributed by atoms with Crippen molar-refractivity contribution in [1.82, 2.24) is 9.88 Å². The van der Waals surface area contributed by atoms with Gasteiger partial charge in [-0.2, -0.15) is 0 Å². The predicted octanol–water partition coefficient (Wildman–Crippen LogP) is 5.00. The van der Waals surface area contributed by atoms with Crippen LogP contribution in [0.25, 0.3) is 0 Å². The Morgan fingerprint density at radius 1 is 0.970 bits per heavy atom. The molecule has 3 heterocycles. The summed E-state index contributed by atoms with van der Waals surface area (Å²) in [7, 11) is 0. The van der Waals surface area contributed by atoms with Crippen LogP contribution < -0.4 is 9.47 Å². The monoisotopic (exact) mass is 448 g/mol. The lowest BCUT2D eigenvalue weighted by atomic mass is 9.88. The summed E-state index contributed by atoms with van der Waals surface area (Å²) in [6.45, 7) is 3.70. The fraction of sp³-hybridized carbons (Fsp3) is 0.370. The maximum absolute atomic E-state index is 13.9. The van der Waals surface area contributed by atoms with Gasteiger partial charge in [0.1, 0.15) is 18.5 Å². The first-order valence-electron chi connectivity index (χ1n) is 11.6. The van der Waals surface area contributed by atoms with E-state index in [1.165, 1.54) is 11.6 Å². The van der Waals surface area contributed by atoms with Crippen LogP contribution in [-0.2, 0) is 17.9 Å². The SMILES string of the molecule is Fc1ccccc1O[C@@H]1COC2(CCN(Cc3ccccc3OCc3ccccn3)CC2)C1. The highest BCUT2D eigenvalue weighted by atomic mass is 19.1. The van der Waals surface area contributed by atoms with Crippen molar-refractivity contribution in [2.75, 3.05) is 19.7 Å². The number of aromatic nitrogens is 1. The fourth-order valence-electron chi connectivity index (χ4n) is 4.72. The summed E-state index contributed by atoms with van der Waals surface area (Å²) in [4.78, 5) is 6.78. The van der Waals surface area contributed by atoms with Crippen molar-refractivity contribution in [2.45, 2.75) is 44.1 Å². The first-order valence-corrected chi connectivity index (χ1v) is 11.6. The Balaban J connectivity index is 1.14. The van der Waals surface area contributed by atoms with Gasteiger partial charge in [-0.25, -0.2) is 4.39 Å². The number of likely N-dealkylation sites (tertiary alicyclic amines) is 1. The molecule has 2 fully saturated rings. The topological polar surface area (TPSA) is 43.8 Å². The minimum absolute atomic E-state index is 0.103. The summed E-state index contributed by atoms with van der Waals surface area (Å²) < 4.78 is 32.1. The Morgan fingerprint density at radius 3 is 2.52 bits per heavy atom. The lowest BCUT2D eigenvalue weighted by Crippen LogP contribution is -2.44. The second-order valence-electron chi connectivity index (χ2n) is 8.86. The molecular weight excluding hydrogens is 419 g/mol. The van der Waals surface area contributed by atoms with E-state index in [1.807, 2.05) is 30.3 Å². The zero-order valence-corrected chi connectivity index (χ0v) is 18.7. The molecule has 2 aliphatic rings. The van der Waals surface area contributed by atoms with E-state index in [2.05, 4.69) is 22.0 Å². The van der Waals surface area contributed by atoms with Gasteiger partial charge in [-0.1, -0.05) is 36.4 Å². The molecule has 0 radical (unpaired) electrons. The highest BCUT2D eigenvalue weighted by Crippen LogP contribution is 2.38. The van der Waals surface area contributed by atoms with Gasteiger partial charge in [0.05, 0.1) is 17.9 Å². The summed E-state index contributed by atoms with van der Waals surface area (Å²) in [6.07, 6.45) is 4.38. The van der Waals surface area contributed by atoms with Crippen molar-refractivity contribution in [3.8, 4) is 11.5 Å². The number of benzene rings is 2. The molecule has 3 aromatic rings. The van der Waals surface area contributed by atoms with Crippen LogP contribution in [0.3, 0.4) is 0 Å². The molecule has 5 rings (SSSR count). The quantitative estimate of drug-likeness (QED) is 0.509. The average Bonchev–Trinajstić information content (AvgIpc) is 3.24. The van der Waals surface area contributed by atoms with Crippen molar-refractivity contribution in [1.29, 1.82) is 0 Å². The summed E-state index contributed by atoms with van der Waals surface area (Å²) in [5.74, 6) is 0.888. The minimum atomic E-state index is -0.322. The van der Waals surface area contributed by atoms with Gasteiger partial charge in [0, 0.05) is 37.8 Å². The molecule has 1 spiro atoms. The summed E-state index contributed by atoms with van der Waals surface area (Å²) in [5.41, 5.74) is 1.93. The number of para-hydroxylation sites is 2. The third-order valence-corrected chi connectivity index (χ3v) is 6.54. The average molecular weight is 449 g/mol. The zero-order chi connectivity index (χ0) is 22.5. The minimum Gasteiger partial charge on any atom is -0.487 e. The van der Waals surface area contributed by atoms with Gasteiger partial charge in [-0.3, -0.25) is 9.88 Å². The molecule has 5 nitrogen and oxygen atoms in total. The zero-order valence-electron chi connectivity index (χ0n) is 18.7. The molecule has 0 aliphatic carbocycles. The van der Waals surface area contributed by atoms with E-state index in [0.717, 1.165) is 50.3 Å². The van der Waals surface area contributed by atoms with Crippen molar-refractivity contribution in [3.63, 3.8) is 0 Å². The lowest BCUT2D eigenvalue weighted by molar-refractivity contribution is -0.0455. The number of hydrogen-bond acceptors (Lipinski definition) is 5. The van der Waals surface area contributed by atoms with E-state index in [0.29, 0.717) is 19.0 Å². The summed E-state index contributed by atoms with van der Waals surface area (Å²) in [5, 5.41) is 0. The normalized spacial score (nSPS) is 20.1. The van der Waals surface area contributed by atoms with Gasteiger partial charge in [-0.15, -0.1) is 0 Å². The molecule has 2 aromatic carbocycles. The Kier molecular flexibility index (Phi) is 6.55. The van der Waals surface area contributed by atoms with Gasteiger partial charge in [-0.05, 0) is 43.2 Å². The maximum Gasteiger partial charge on any atom is 0.165 e. The van der Waals surface area contributed by atoms with Crippen LogP contribution in [0.1, 0.15) is 30.5 Å². The summed E-state index contributed by atoms with van der Waals surface area (Å²) in [6, 6.07) is 20.6. The molecule has 2 saturated heterocycles. The Labute approximate surface area is 194 Å². The van der Waals surface area contributed by atoms with Crippen LogP contribution in [-0.4, -0.2) is 41.3 Å². The fourth-order valence-corrected chi connectivity index (χ4v) is 4.72. The second kappa shape index (κ2) is 9.89. The Bertz CT molecular complexity index is 1050. The van der Waals surface area contributed by atoms with E-state index in [9.17, 15) is 4.39 Å². The number of nitrogens with zero attached hydrogens (tertiary/aromatic N) is 2. The number of pyridine rings is 1.